The van der Waals surface area contributed by atoms with E-state index in [2.05, 4.69) is 10.9 Å². The van der Waals surface area contributed by atoms with E-state index in [0.717, 1.165) is 16.3 Å². The first-order valence-electron chi connectivity index (χ1n) is 6.38. The number of amides is 2. The highest BCUT2D eigenvalue weighted by Gasteiger charge is 2.47. The number of nitrogens with one attached hydrogen (secondary N) is 2. The van der Waals surface area contributed by atoms with Crippen LogP contribution in [0.25, 0.3) is 16.8 Å². The van der Waals surface area contributed by atoms with E-state index in [1.54, 1.807) is 18.2 Å². The van der Waals surface area contributed by atoms with Crippen molar-refractivity contribution in [3.8, 4) is 0 Å². The Balaban J connectivity index is 2.41. The van der Waals surface area contributed by atoms with Gasteiger partial charge in [0.05, 0.1) is 0 Å². The van der Waals surface area contributed by atoms with Gasteiger partial charge in [-0.05, 0) is 21.9 Å². The predicted molar refractivity (Wildman–Crippen MR) is 79.3 cm³/mol. The van der Waals surface area contributed by atoms with Crippen molar-refractivity contribution in [2.24, 2.45) is 11.7 Å². The summed E-state index contributed by atoms with van der Waals surface area (Å²) in [5.41, 5.74) is 4.04. The summed E-state index contributed by atoms with van der Waals surface area (Å²) in [7, 11) is 0. The smallest absolute Gasteiger partial charge is 0.258 e. The summed E-state index contributed by atoms with van der Waals surface area (Å²) in [5.74, 6) is 9.28. The molecule has 2 amide bonds. The van der Waals surface area contributed by atoms with E-state index in [4.69, 9.17) is 11.7 Å². The lowest BCUT2D eigenvalue weighted by Gasteiger charge is -2.31. The zero-order chi connectivity index (χ0) is 15.0. The highest BCUT2D eigenvalue weighted by atomic mass is 16.2. The Morgan fingerprint density at radius 1 is 0.952 bits per heavy atom. The number of hydrazine groups is 2. The molecule has 6 heteroatoms. The molecule has 1 aliphatic rings. The van der Waals surface area contributed by atoms with Gasteiger partial charge in [0, 0.05) is 0 Å². The fourth-order valence-electron chi connectivity index (χ4n) is 2.87. The Hall–Kier alpha value is -2.70. The van der Waals surface area contributed by atoms with E-state index in [0.29, 0.717) is 5.56 Å². The molecule has 3 rings (SSSR count). The van der Waals surface area contributed by atoms with Gasteiger partial charge in [0.2, 0.25) is 0 Å². The lowest BCUT2D eigenvalue weighted by molar-refractivity contribution is -0.135. The molecule has 0 atom stereocenters. The van der Waals surface area contributed by atoms with Gasteiger partial charge in [-0.3, -0.25) is 20.4 Å². The van der Waals surface area contributed by atoms with Crippen molar-refractivity contribution in [2.45, 2.75) is 5.41 Å². The molecule has 0 bridgehead atoms. The normalized spacial score (nSPS) is 14.8. The molecule has 0 unspecified atom stereocenters. The van der Waals surface area contributed by atoms with E-state index in [-0.39, 0.29) is 0 Å². The average molecular weight is 282 g/mol. The van der Waals surface area contributed by atoms with Crippen molar-refractivity contribution in [3.63, 3.8) is 0 Å². The van der Waals surface area contributed by atoms with E-state index in [1.807, 2.05) is 24.3 Å². The Morgan fingerprint density at radius 3 is 2.19 bits per heavy atom. The zero-order valence-corrected chi connectivity index (χ0v) is 11.1. The number of hydrogen-bond acceptors (Lipinski definition) is 4. The quantitative estimate of drug-likeness (QED) is 0.271. The summed E-state index contributed by atoms with van der Waals surface area (Å²) in [6, 6.07) is 11.2. The predicted octanol–water partition coefficient (Wildman–Crippen LogP) is 0.0842. The topological polar surface area (TPSA) is 110 Å². The van der Waals surface area contributed by atoms with E-state index < -0.39 is 17.2 Å². The van der Waals surface area contributed by atoms with Crippen molar-refractivity contribution < 1.29 is 9.59 Å². The minimum absolute atomic E-state index is 0.559. The third kappa shape index (κ3) is 1.67. The Kier molecular flexibility index (Phi) is 2.97. The zero-order valence-electron chi connectivity index (χ0n) is 11.1. The summed E-state index contributed by atoms with van der Waals surface area (Å²) in [4.78, 5) is 24.7. The van der Waals surface area contributed by atoms with Gasteiger partial charge in [0.1, 0.15) is 0 Å². The van der Waals surface area contributed by atoms with E-state index in [9.17, 15) is 9.59 Å². The van der Waals surface area contributed by atoms with Crippen LogP contribution in [0.3, 0.4) is 0 Å². The van der Waals surface area contributed by atoms with Gasteiger partial charge in [-0.1, -0.05) is 48.6 Å². The first-order valence-corrected chi connectivity index (χ1v) is 6.38. The molecule has 0 saturated heterocycles. The highest BCUT2D eigenvalue weighted by Crippen LogP contribution is 2.39. The van der Waals surface area contributed by atoms with Crippen molar-refractivity contribution in [3.05, 3.63) is 53.6 Å². The molecule has 0 aromatic heterocycles. The van der Waals surface area contributed by atoms with E-state index in [1.165, 1.54) is 6.08 Å². The van der Waals surface area contributed by atoms with Crippen LogP contribution in [0.5, 0.6) is 0 Å². The molecule has 6 nitrogen and oxygen atoms in total. The van der Waals surface area contributed by atoms with Crippen molar-refractivity contribution in [1.29, 1.82) is 0 Å². The van der Waals surface area contributed by atoms with Crippen LogP contribution >= 0.6 is 0 Å². The van der Waals surface area contributed by atoms with Crippen LogP contribution in [-0.4, -0.2) is 11.8 Å². The molecule has 6 N–H and O–H groups in total. The first kappa shape index (κ1) is 13.3. The molecule has 0 fully saturated rings. The largest absolute Gasteiger partial charge is 0.293 e. The van der Waals surface area contributed by atoms with Crippen molar-refractivity contribution >= 4 is 28.7 Å². The Bertz CT molecular complexity index is 761. The molecule has 106 valence electrons. The molecule has 21 heavy (non-hydrogen) atoms. The number of carbonyl (C=O) groups is 2. The summed E-state index contributed by atoms with van der Waals surface area (Å²) in [6.45, 7) is 0. The molecular formula is C15H14N4O2. The van der Waals surface area contributed by atoms with Crippen LogP contribution in [0.1, 0.15) is 11.1 Å². The Morgan fingerprint density at radius 2 is 1.57 bits per heavy atom. The molecule has 0 saturated carbocycles. The summed E-state index contributed by atoms with van der Waals surface area (Å²) in [6.07, 6.45) is 3.26. The standard InChI is InChI=1S/C15H14N4O2/c16-18-13(20)15(14(21)19-17)8-7-10-4-1-3-9-5-2-6-11(15)12(9)10/h1-8H,16-17H2,(H,18,20)(H,19,21). The molecule has 2 aromatic carbocycles. The van der Waals surface area contributed by atoms with Gasteiger partial charge in [0.25, 0.3) is 11.8 Å². The second-order valence-corrected chi connectivity index (χ2v) is 4.84. The monoisotopic (exact) mass is 282 g/mol. The summed E-state index contributed by atoms with van der Waals surface area (Å²) >= 11 is 0. The molecule has 2 aromatic rings. The molecule has 0 spiro atoms. The third-order valence-corrected chi connectivity index (χ3v) is 3.85. The average Bonchev–Trinajstić information content (AvgIpc) is 2.54. The maximum atomic E-state index is 12.3. The van der Waals surface area contributed by atoms with Crippen LogP contribution in [0.2, 0.25) is 0 Å². The summed E-state index contributed by atoms with van der Waals surface area (Å²) < 4.78 is 0. The number of benzene rings is 2. The third-order valence-electron chi connectivity index (χ3n) is 3.85. The first-order chi connectivity index (χ1) is 10.1. The number of rotatable bonds is 2. The van der Waals surface area contributed by atoms with Gasteiger partial charge in [-0.2, -0.15) is 0 Å². The Labute approximate surface area is 120 Å². The van der Waals surface area contributed by atoms with Gasteiger partial charge < -0.3 is 0 Å². The number of nitrogens with two attached hydrogens (primary N) is 2. The SMILES string of the molecule is NNC(=O)C1(C(=O)NN)C=Cc2cccc3cccc1c23. The van der Waals surface area contributed by atoms with Crippen LogP contribution < -0.4 is 22.5 Å². The molecule has 0 radical (unpaired) electrons. The molecular weight excluding hydrogens is 268 g/mol. The molecule has 1 aliphatic carbocycles. The second kappa shape index (κ2) is 4.69. The fourth-order valence-corrected chi connectivity index (χ4v) is 2.87. The fraction of sp³-hybridized carbons (Fsp3) is 0.0667. The molecule has 0 aliphatic heterocycles. The summed E-state index contributed by atoms with van der Waals surface area (Å²) in [5, 5.41) is 1.78. The van der Waals surface area contributed by atoms with Crippen molar-refractivity contribution in [2.75, 3.05) is 0 Å². The minimum atomic E-state index is -1.57. The van der Waals surface area contributed by atoms with Gasteiger partial charge in [-0.15, -0.1) is 0 Å². The maximum absolute atomic E-state index is 12.3. The lowest BCUT2D eigenvalue weighted by atomic mass is 9.72. The van der Waals surface area contributed by atoms with Gasteiger partial charge in [0.15, 0.2) is 5.41 Å². The van der Waals surface area contributed by atoms with Crippen LogP contribution in [-0.2, 0) is 15.0 Å². The number of carbonyl (C=O) groups excluding carboxylic acids is 2. The van der Waals surface area contributed by atoms with E-state index >= 15 is 0 Å². The maximum Gasteiger partial charge on any atom is 0.258 e. The van der Waals surface area contributed by atoms with Crippen LogP contribution in [0, 0.1) is 0 Å². The number of hydrogen-bond donors (Lipinski definition) is 4. The van der Waals surface area contributed by atoms with Crippen LogP contribution in [0.15, 0.2) is 42.5 Å². The molecule has 0 heterocycles. The minimum Gasteiger partial charge on any atom is -0.293 e. The van der Waals surface area contributed by atoms with Gasteiger partial charge in [-0.25, -0.2) is 11.7 Å². The van der Waals surface area contributed by atoms with Gasteiger partial charge >= 0.3 is 0 Å². The highest BCUT2D eigenvalue weighted by molar-refractivity contribution is 6.18. The second-order valence-electron chi connectivity index (χ2n) is 4.84. The van der Waals surface area contributed by atoms with Crippen molar-refractivity contribution in [1.82, 2.24) is 10.9 Å². The lowest BCUT2D eigenvalue weighted by Crippen LogP contribution is -2.57. The van der Waals surface area contributed by atoms with Crippen LogP contribution in [0.4, 0.5) is 0 Å².